The number of halogens is 1. The van der Waals surface area contributed by atoms with Crippen molar-refractivity contribution in [2.75, 3.05) is 77.3 Å². The molecule has 5 aliphatic heterocycles. The van der Waals surface area contributed by atoms with Crippen LogP contribution in [0.2, 0.25) is 0 Å². The quantitative estimate of drug-likeness (QED) is 0.0154. The van der Waals surface area contributed by atoms with E-state index in [-0.39, 0.29) is 73.4 Å². The number of likely N-dealkylation sites (N-methyl/N-ethyl adjacent to an activating group) is 1. The van der Waals surface area contributed by atoms with E-state index >= 15 is 4.39 Å². The van der Waals surface area contributed by atoms with Crippen molar-refractivity contribution in [1.29, 1.82) is 0 Å². The Morgan fingerprint density at radius 3 is 2.20 bits per heavy atom. The standard InChI is InChI=1S/C43H58N4O12.C19H22FN3O4.C6H7N3O/c1-21-12-11-13-22(2)42(55)45-33-28(20-44-47-17-15-46(9)16-18-47)37(52)30-31(38(33)53)36(51)26(6)40-32(30)41(54)43(8,59-40)57-19-14-29(56-10)23(3)39(58-27(7)48)25(5)35(50)24(4)34(21)49;1-10-8-22(6-5-21-10)16-14(20)7-12-15(18(16)27-2)23(11-3-4-11)9-13(17(12)24)19(25)26;7-9-6(10)5-1-3-8-4-2-5/h11-14,19-21,23-25,29,34-35,39,49-53H,15-18H2,1-10H3,(H,45,55);7,9-11,21H,3-6,8H2,1-2H3,(H,25,26);1-4H,7H2,(H,9,10)/b12-11+,19-14+,22-13-,44-20-;;/t21-,23+,24+,25+,29-,34-,35+,39+,43-;;/m0../s1. The van der Waals surface area contributed by atoms with E-state index in [2.05, 4.69) is 25.6 Å². The summed E-state index contributed by atoms with van der Waals surface area (Å²) in [6.07, 6.45) is 11.1. The van der Waals surface area contributed by atoms with Crippen LogP contribution < -0.4 is 41.7 Å². The third-order valence-corrected chi connectivity index (χ3v) is 18.2. The zero-order valence-electron chi connectivity index (χ0n) is 55.9. The van der Waals surface area contributed by atoms with Crippen LogP contribution in [-0.4, -0.2) is 189 Å². The number of benzene rings is 3. The molecule has 6 aliphatic rings. The molecule has 7 heterocycles. The molecule has 3 aromatic carbocycles. The molecule has 27 nitrogen and oxygen atoms in total. The number of hydrazone groups is 1. The molecule has 1 unspecified atom stereocenters. The van der Waals surface area contributed by atoms with Crippen LogP contribution >= 0.6 is 0 Å². The number of allylic oxidation sites excluding steroid dienone is 2. The lowest BCUT2D eigenvalue weighted by Crippen LogP contribution is -2.49. The Labute approximate surface area is 554 Å². The van der Waals surface area contributed by atoms with Crippen molar-refractivity contribution in [2.45, 2.75) is 117 Å². The molecule has 0 spiro atoms. The predicted molar refractivity (Wildman–Crippen MR) is 356 cm³/mol. The van der Waals surface area contributed by atoms with Crippen molar-refractivity contribution in [3.63, 3.8) is 0 Å². The van der Waals surface area contributed by atoms with Crippen molar-refractivity contribution in [2.24, 2.45) is 34.6 Å². The second-order valence-electron chi connectivity index (χ2n) is 25.1. The van der Waals surface area contributed by atoms with Crippen molar-refractivity contribution in [1.82, 2.24) is 30.2 Å². The Morgan fingerprint density at radius 2 is 1.59 bits per heavy atom. The molecule has 1 saturated carbocycles. The topological polar surface area (TPSA) is 372 Å². The van der Waals surface area contributed by atoms with E-state index in [1.807, 2.05) is 24.3 Å². The molecule has 11 N–H and O–H groups in total. The minimum absolute atomic E-state index is 0.0445. The van der Waals surface area contributed by atoms with Gasteiger partial charge < -0.3 is 79.3 Å². The van der Waals surface area contributed by atoms with Crippen molar-refractivity contribution in [3.05, 3.63) is 117 Å². The summed E-state index contributed by atoms with van der Waals surface area (Å²) in [6, 6.07) is 4.62. The van der Waals surface area contributed by atoms with Crippen LogP contribution in [0, 0.1) is 36.4 Å². The van der Waals surface area contributed by atoms with E-state index in [0.29, 0.717) is 48.7 Å². The molecule has 2 aromatic heterocycles. The zero-order valence-corrected chi connectivity index (χ0v) is 55.9. The number of Topliss-reactive ketones (excluding diaryl/α,β-unsaturated/α-hetero) is 1. The Hall–Kier alpha value is -9.19. The second-order valence-corrected chi connectivity index (χ2v) is 25.1. The number of aromatic nitrogens is 2. The largest absolute Gasteiger partial charge is 0.507 e. The van der Waals surface area contributed by atoms with Gasteiger partial charge in [-0.3, -0.25) is 39.4 Å². The highest BCUT2D eigenvalue weighted by molar-refractivity contribution is 6.24. The number of phenolic OH excluding ortho intramolecular Hbond substituents is 3. The van der Waals surface area contributed by atoms with Gasteiger partial charge in [0.2, 0.25) is 5.43 Å². The number of aliphatic hydroxyl groups is 2. The van der Waals surface area contributed by atoms with E-state index in [1.54, 1.807) is 61.6 Å². The van der Waals surface area contributed by atoms with Gasteiger partial charge in [0, 0.05) is 143 Å². The number of esters is 1. The number of carbonyl (C=O) groups excluding carboxylic acids is 4. The second kappa shape index (κ2) is 30.7. The molecule has 0 radical (unpaired) electrons. The third-order valence-electron chi connectivity index (χ3n) is 18.2. The smallest absolute Gasteiger partial charge is 0.341 e. The summed E-state index contributed by atoms with van der Waals surface area (Å²) in [6.45, 7) is 19.1. The molecule has 96 heavy (non-hydrogen) atoms. The molecule has 2 amide bonds. The number of pyridine rings is 2. The minimum Gasteiger partial charge on any atom is -0.507 e. The van der Waals surface area contributed by atoms with Crippen molar-refractivity contribution < 1.29 is 82.7 Å². The van der Waals surface area contributed by atoms with Gasteiger partial charge >= 0.3 is 17.7 Å². The average molecular weight is 1340 g/mol. The lowest BCUT2D eigenvalue weighted by molar-refractivity contribution is -0.160. The number of piperazine rings is 2. The Morgan fingerprint density at radius 1 is 0.917 bits per heavy atom. The molecule has 3 fully saturated rings. The number of carboxylic acids is 1. The number of aromatic hydroxyl groups is 3. The highest BCUT2D eigenvalue weighted by atomic mass is 19.1. The Bertz CT molecular complexity index is 3940. The number of hydrogen-bond acceptors (Lipinski definition) is 23. The normalized spacial score (nSPS) is 26.3. The summed E-state index contributed by atoms with van der Waals surface area (Å²) in [4.78, 5) is 83.2. The SMILES string of the molecule is CO[C@H]1/C=C/O[C@@]2(C)Oc3c(C)c(O)c4c(O)c(c(/C=N\N5CCN(C)CC5)c(O)c4c3C2=O)NC(=O)/C(C)=C\C=C\[C@H](C)[C@H](O)[C@@H](C)[C@@H](O)[C@@H](C)[C@H](OC(C)=O)[C@@H]1C.COc1c(N2CCNC(C)C2)c(F)cc2c(=O)c(C(=O)O)cn(C3CC3)c12.NNC(=O)c1ccncc1. The molecule has 28 heteroatoms. The molecule has 2 saturated heterocycles. The number of nitrogens with two attached hydrogens (primary N) is 1. The number of phenols is 3. The number of ketones is 1. The number of nitrogens with zero attached hydrogens (tertiary/aromatic N) is 6. The number of nitrogen functional groups attached to an aromatic ring is 1. The maximum absolute atomic E-state index is 15.1. The number of methoxy groups -OCH3 is 2. The summed E-state index contributed by atoms with van der Waals surface area (Å²) in [5.74, 6) is -5.35. The van der Waals surface area contributed by atoms with E-state index in [9.17, 15) is 59.4 Å². The first-order valence-electron chi connectivity index (χ1n) is 31.6. The van der Waals surface area contributed by atoms with Gasteiger partial charge in [-0.1, -0.05) is 45.9 Å². The molecule has 10 atom stereocenters. The average Bonchev–Trinajstić information content (AvgIpc) is 1.44. The number of anilines is 2. The number of carbonyl (C=O) groups is 5. The lowest BCUT2D eigenvalue weighted by atomic mass is 9.78. The first kappa shape index (κ1) is 72.6. The number of carboxylic acid groups (broad SMARTS) is 1. The maximum Gasteiger partial charge on any atom is 0.341 e. The van der Waals surface area contributed by atoms with Gasteiger partial charge in [0.25, 0.3) is 17.6 Å². The van der Waals surface area contributed by atoms with E-state index in [0.717, 1.165) is 38.5 Å². The van der Waals surface area contributed by atoms with Crippen LogP contribution in [0.5, 0.6) is 28.7 Å². The van der Waals surface area contributed by atoms with Crippen LogP contribution in [0.3, 0.4) is 0 Å². The maximum atomic E-state index is 15.1. The van der Waals surface area contributed by atoms with Crippen LogP contribution in [0.4, 0.5) is 15.8 Å². The molecule has 11 rings (SSSR count). The first-order valence-corrected chi connectivity index (χ1v) is 31.6. The molecule has 1 aliphatic carbocycles. The number of aromatic carboxylic acids is 1. The molecule has 518 valence electrons. The highest BCUT2D eigenvalue weighted by Gasteiger charge is 2.50. The number of ether oxygens (including phenoxy) is 5. The first-order chi connectivity index (χ1) is 45.5. The van der Waals surface area contributed by atoms with Gasteiger partial charge in [0.15, 0.2) is 17.3 Å². The Balaban J connectivity index is 0.000000258. The van der Waals surface area contributed by atoms with Crippen LogP contribution in [0.1, 0.15) is 116 Å². The van der Waals surface area contributed by atoms with E-state index in [1.165, 1.54) is 85.1 Å². The number of fused-ring (bicyclic) bond motifs is 15. The van der Waals surface area contributed by atoms with Gasteiger partial charge in [0.1, 0.15) is 34.6 Å². The van der Waals surface area contributed by atoms with E-state index < -0.39 is 106 Å². The Kier molecular flexibility index (Phi) is 23.2. The van der Waals surface area contributed by atoms with Gasteiger partial charge in [-0.2, -0.15) is 5.10 Å². The van der Waals surface area contributed by atoms with Crippen LogP contribution in [0.25, 0.3) is 21.7 Å². The number of amides is 2. The monoisotopic (exact) mass is 1330 g/mol. The van der Waals surface area contributed by atoms with Gasteiger partial charge in [0.05, 0.1) is 71.0 Å². The van der Waals surface area contributed by atoms with Crippen molar-refractivity contribution >= 4 is 68.8 Å². The fourth-order valence-electron chi connectivity index (χ4n) is 12.4. The van der Waals surface area contributed by atoms with Crippen LogP contribution in [0.15, 0.2) is 82.8 Å². The molecule has 5 aromatic rings. The summed E-state index contributed by atoms with van der Waals surface area (Å²) in [5.41, 5.74) is 1.94. The van der Waals surface area contributed by atoms with E-state index in [4.69, 9.17) is 29.5 Å². The molecular formula is C68H87FN10O17. The number of hydrazine groups is 1. The third kappa shape index (κ3) is 15.4. The summed E-state index contributed by atoms with van der Waals surface area (Å²) in [5, 5.41) is 79.6. The summed E-state index contributed by atoms with van der Waals surface area (Å²) in [7, 11) is 4.88. The fourth-order valence-corrected chi connectivity index (χ4v) is 12.4. The van der Waals surface area contributed by atoms with Gasteiger partial charge in [-0.25, -0.2) is 15.0 Å². The van der Waals surface area contributed by atoms with Gasteiger partial charge in [-0.05, 0) is 64.9 Å². The summed E-state index contributed by atoms with van der Waals surface area (Å²) >= 11 is 0. The lowest BCUT2D eigenvalue weighted by Gasteiger charge is -2.38. The number of aliphatic hydroxyl groups excluding tert-OH is 2. The predicted octanol–water partition coefficient (Wildman–Crippen LogP) is 6.00. The van der Waals surface area contributed by atoms with Gasteiger partial charge in [-0.15, -0.1) is 0 Å². The highest BCUT2D eigenvalue weighted by Crippen LogP contribution is 2.55. The summed E-state index contributed by atoms with van der Waals surface area (Å²) < 4.78 is 46.1. The van der Waals surface area contributed by atoms with Crippen molar-refractivity contribution in [3.8, 4) is 28.7 Å². The zero-order chi connectivity index (χ0) is 70.4. The fraction of sp³-hybridized carbons (Fsp3) is 0.471. The number of rotatable bonds is 9. The molecular weight excluding hydrogens is 1250 g/mol. The van der Waals surface area contributed by atoms with Crippen LogP contribution in [-0.2, 0) is 23.8 Å². The number of nitrogens with one attached hydrogen (secondary N) is 3. The number of hydrogen-bond donors (Lipinski definition) is 10. The minimum atomic E-state index is -2.04. The molecule has 5 bridgehead atoms.